The van der Waals surface area contributed by atoms with Gasteiger partial charge in [-0.1, -0.05) is 28.1 Å². The van der Waals surface area contributed by atoms with E-state index in [0.29, 0.717) is 17.8 Å². The third-order valence-electron chi connectivity index (χ3n) is 6.55. The maximum Gasteiger partial charge on any atom is 0.387 e. The fraction of sp³-hybridized carbons (Fsp3) is 0.619. The highest BCUT2D eigenvalue weighted by atomic mass is 79.9. The number of halogens is 3. The molecule has 4 fully saturated rings. The summed E-state index contributed by atoms with van der Waals surface area (Å²) in [5.74, 6) is 0.915. The first-order chi connectivity index (χ1) is 13.8. The second-order valence-corrected chi connectivity index (χ2v) is 9.59. The number of carbonyl (C=O) groups excluding carboxylic acids is 2. The Morgan fingerprint density at radius 1 is 1.10 bits per heavy atom. The molecule has 4 aliphatic rings. The van der Waals surface area contributed by atoms with Gasteiger partial charge in [0, 0.05) is 0 Å². The van der Waals surface area contributed by atoms with Gasteiger partial charge in [-0.15, -0.1) is 0 Å². The van der Waals surface area contributed by atoms with E-state index >= 15 is 0 Å². The monoisotopic (exact) mass is 471 g/mol. The van der Waals surface area contributed by atoms with Gasteiger partial charge < -0.3 is 14.8 Å². The third-order valence-corrected chi connectivity index (χ3v) is 7.90. The van der Waals surface area contributed by atoms with Crippen LogP contribution in [-0.2, 0) is 14.3 Å². The summed E-state index contributed by atoms with van der Waals surface area (Å²) in [5.41, 5.74) is 0.0327. The number of hydrogen-bond acceptors (Lipinski definition) is 4. The number of para-hydroxylation sites is 2. The van der Waals surface area contributed by atoms with Crippen LogP contribution in [0.15, 0.2) is 24.3 Å². The molecule has 0 heterocycles. The lowest BCUT2D eigenvalue weighted by molar-refractivity contribution is -0.152. The fourth-order valence-corrected chi connectivity index (χ4v) is 6.60. The van der Waals surface area contributed by atoms with E-state index in [1.807, 2.05) is 0 Å². The first-order valence-electron chi connectivity index (χ1n) is 9.99. The summed E-state index contributed by atoms with van der Waals surface area (Å²) in [5, 5.41) is 2.46. The molecule has 1 aromatic carbocycles. The van der Waals surface area contributed by atoms with Gasteiger partial charge in [-0.2, -0.15) is 8.78 Å². The molecule has 1 N–H and O–H groups in total. The van der Waals surface area contributed by atoms with Crippen LogP contribution in [0.25, 0.3) is 0 Å². The van der Waals surface area contributed by atoms with Crippen LogP contribution in [0.2, 0.25) is 0 Å². The van der Waals surface area contributed by atoms with Crippen molar-refractivity contribution >= 4 is 33.5 Å². The molecule has 0 radical (unpaired) electrons. The fourth-order valence-electron chi connectivity index (χ4n) is 5.90. The second-order valence-electron chi connectivity index (χ2n) is 8.67. The number of benzene rings is 1. The molecule has 158 valence electrons. The lowest BCUT2D eigenvalue weighted by atomic mass is 9.49. The molecule has 0 aliphatic heterocycles. The van der Waals surface area contributed by atoms with E-state index in [2.05, 4.69) is 26.0 Å². The Morgan fingerprint density at radius 3 is 2.28 bits per heavy atom. The van der Waals surface area contributed by atoms with Crippen molar-refractivity contribution < 1.29 is 27.8 Å². The molecule has 5 rings (SSSR count). The second kappa shape index (κ2) is 8.20. The van der Waals surface area contributed by atoms with Gasteiger partial charge in [0.1, 0.15) is 10.6 Å². The lowest BCUT2D eigenvalue weighted by Gasteiger charge is -2.57. The molecule has 29 heavy (non-hydrogen) atoms. The minimum Gasteiger partial charge on any atom is -0.455 e. The number of ether oxygens (including phenoxy) is 2. The SMILES string of the molecule is O=C(COC(=O)C(Br)C12CC3CC(CC(C3)C1)C2)Nc1ccccc1OC(F)F. The predicted molar refractivity (Wildman–Crippen MR) is 106 cm³/mol. The molecule has 1 aromatic rings. The van der Waals surface area contributed by atoms with Crippen LogP contribution < -0.4 is 10.1 Å². The Labute approximate surface area is 176 Å². The average Bonchev–Trinajstić information content (AvgIpc) is 2.65. The van der Waals surface area contributed by atoms with Crippen LogP contribution in [-0.4, -0.2) is 29.9 Å². The van der Waals surface area contributed by atoms with Crippen LogP contribution in [0.3, 0.4) is 0 Å². The van der Waals surface area contributed by atoms with Crippen LogP contribution in [0.5, 0.6) is 5.75 Å². The van der Waals surface area contributed by atoms with Gasteiger partial charge in [-0.3, -0.25) is 9.59 Å². The Hall–Kier alpha value is -1.70. The van der Waals surface area contributed by atoms with E-state index in [9.17, 15) is 18.4 Å². The molecular weight excluding hydrogens is 448 g/mol. The van der Waals surface area contributed by atoms with Crippen molar-refractivity contribution in [1.82, 2.24) is 0 Å². The zero-order valence-corrected chi connectivity index (χ0v) is 17.5. The predicted octanol–water partition coefficient (Wildman–Crippen LogP) is 4.75. The average molecular weight is 472 g/mol. The van der Waals surface area contributed by atoms with Crippen LogP contribution in [0.1, 0.15) is 38.5 Å². The highest BCUT2D eigenvalue weighted by Gasteiger charge is 2.55. The summed E-state index contributed by atoms with van der Waals surface area (Å²) >= 11 is 3.58. The minimum atomic E-state index is -3.00. The number of anilines is 1. The van der Waals surface area contributed by atoms with Crippen molar-refractivity contribution in [3.8, 4) is 5.75 Å². The first kappa shape index (κ1) is 20.6. The Kier molecular flexibility index (Phi) is 5.82. The number of hydrogen-bond donors (Lipinski definition) is 1. The van der Waals surface area contributed by atoms with E-state index in [0.717, 1.165) is 19.3 Å². The van der Waals surface area contributed by atoms with Gasteiger partial charge in [-0.25, -0.2) is 0 Å². The molecular formula is C21H24BrF2NO4. The van der Waals surface area contributed by atoms with Crippen molar-refractivity contribution in [3.05, 3.63) is 24.3 Å². The highest BCUT2D eigenvalue weighted by molar-refractivity contribution is 9.10. The molecule has 0 spiro atoms. The summed E-state index contributed by atoms with van der Waals surface area (Å²) in [4.78, 5) is 24.4. The van der Waals surface area contributed by atoms with Crippen molar-refractivity contribution in [2.75, 3.05) is 11.9 Å². The molecule has 8 heteroatoms. The van der Waals surface area contributed by atoms with Crippen molar-refractivity contribution in [2.45, 2.75) is 50.0 Å². The Morgan fingerprint density at radius 2 is 1.69 bits per heavy atom. The molecule has 5 nitrogen and oxygen atoms in total. The van der Waals surface area contributed by atoms with E-state index in [4.69, 9.17) is 4.74 Å². The number of amides is 1. The van der Waals surface area contributed by atoms with E-state index in [1.165, 1.54) is 37.5 Å². The molecule has 1 unspecified atom stereocenters. The van der Waals surface area contributed by atoms with Crippen LogP contribution in [0.4, 0.5) is 14.5 Å². The number of esters is 1. The number of alkyl halides is 3. The Bertz CT molecular complexity index is 752. The molecule has 1 amide bonds. The lowest BCUT2D eigenvalue weighted by Crippen LogP contribution is -2.52. The minimum absolute atomic E-state index is 0.0694. The number of nitrogens with one attached hydrogen (secondary N) is 1. The van der Waals surface area contributed by atoms with E-state index < -0.39 is 29.9 Å². The summed E-state index contributed by atoms with van der Waals surface area (Å²) in [6, 6.07) is 5.88. The summed E-state index contributed by atoms with van der Waals surface area (Å²) in [6.07, 6.45) is 6.93. The summed E-state index contributed by atoms with van der Waals surface area (Å²) in [7, 11) is 0. The molecule has 4 saturated carbocycles. The summed E-state index contributed by atoms with van der Waals surface area (Å²) < 4.78 is 34.6. The summed E-state index contributed by atoms with van der Waals surface area (Å²) in [6.45, 7) is -3.48. The van der Waals surface area contributed by atoms with Gasteiger partial charge in [0.2, 0.25) is 0 Å². The third kappa shape index (κ3) is 4.42. The van der Waals surface area contributed by atoms with Gasteiger partial charge in [0.15, 0.2) is 6.61 Å². The van der Waals surface area contributed by atoms with Crippen LogP contribution >= 0.6 is 15.9 Å². The van der Waals surface area contributed by atoms with E-state index in [-0.39, 0.29) is 16.9 Å². The molecule has 0 saturated heterocycles. The first-order valence-corrected chi connectivity index (χ1v) is 10.9. The standard InChI is InChI=1S/C21H24BrF2NO4/c22-18(21-8-12-5-13(9-21)7-14(6-12)10-21)19(27)28-11-17(26)25-15-3-1-2-4-16(15)29-20(23)24/h1-4,12-14,18,20H,5-11H2,(H,25,26). The number of rotatable bonds is 7. The van der Waals surface area contributed by atoms with Crippen molar-refractivity contribution in [3.63, 3.8) is 0 Å². The quantitative estimate of drug-likeness (QED) is 0.460. The number of carbonyl (C=O) groups is 2. The van der Waals surface area contributed by atoms with Crippen molar-refractivity contribution in [2.24, 2.45) is 23.2 Å². The molecule has 4 bridgehead atoms. The van der Waals surface area contributed by atoms with Gasteiger partial charge >= 0.3 is 12.6 Å². The topological polar surface area (TPSA) is 64.6 Å². The Balaban J connectivity index is 1.32. The maximum atomic E-state index is 12.7. The normalized spacial score (nSPS) is 30.8. The zero-order chi connectivity index (χ0) is 20.6. The molecule has 0 aromatic heterocycles. The van der Waals surface area contributed by atoms with Gasteiger partial charge in [0.05, 0.1) is 5.69 Å². The maximum absolute atomic E-state index is 12.7. The molecule has 1 atom stereocenters. The smallest absolute Gasteiger partial charge is 0.387 e. The largest absolute Gasteiger partial charge is 0.455 e. The van der Waals surface area contributed by atoms with Gasteiger partial charge in [-0.05, 0) is 73.8 Å². The van der Waals surface area contributed by atoms with Gasteiger partial charge in [0.25, 0.3) is 5.91 Å². The van der Waals surface area contributed by atoms with Crippen molar-refractivity contribution in [1.29, 1.82) is 0 Å². The highest BCUT2D eigenvalue weighted by Crippen LogP contribution is 2.62. The molecule has 4 aliphatic carbocycles. The van der Waals surface area contributed by atoms with E-state index in [1.54, 1.807) is 6.07 Å². The zero-order valence-electron chi connectivity index (χ0n) is 15.9. The van der Waals surface area contributed by atoms with Crippen LogP contribution in [0, 0.1) is 23.2 Å².